The van der Waals surface area contributed by atoms with Crippen LogP contribution in [0.3, 0.4) is 0 Å². The van der Waals surface area contributed by atoms with Crippen LogP contribution in [0.2, 0.25) is 0 Å². The second kappa shape index (κ2) is 12.7. The fourth-order valence-electron chi connectivity index (χ4n) is 4.86. The summed E-state index contributed by atoms with van der Waals surface area (Å²) in [6, 6.07) is 25.3. The molecule has 0 spiro atoms. The van der Waals surface area contributed by atoms with Gasteiger partial charge in [-0.3, -0.25) is 4.79 Å². The molecule has 0 aliphatic carbocycles. The van der Waals surface area contributed by atoms with Gasteiger partial charge in [0.05, 0.1) is 18.9 Å². The van der Waals surface area contributed by atoms with E-state index in [-0.39, 0.29) is 24.3 Å². The molecule has 8 nitrogen and oxygen atoms in total. The van der Waals surface area contributed by atoms with E-state index in [0.717, 1.165) is 54.0 Å². The minimum Gasteiger partial charge on any atom is -0.346 e. The third-order valence-electron chi connectivity index (χ3n) is 6.93. The molecule has 0 bridgehead atoms. The molecule has 8 heteroatoms. The van der Waals surface area contributed by atoms with E-state index in [1.54, 1.807) is 0 Å². The Labute approximate surface area is 223 Å². The lowest BCUT2D eigenvalue weighted by Gasteiger charge is -2.32. The Morgan fingerprint density at radius 2 is 1.50 bits per heavy atom. The predicted octanol–water partition coefficient (Wildman–Crippen LogP) is 5.01. The Morgan fingerprint density at radius 3 is 2.24 bits per heavy atom. The summed E-state index contributed by atoms with van der Waals surface area (Å²) in [5, 5.41) is 9.10. The van der Waals surface area contributed by atoms with Gasteiger partial charge < -0.3 is 30.3 Å². The number of rotatable bonds is 8. The van der Waals surface area contributed by atoms with E-state index in [0.29, 0.717) is 26.2 Å². The third kappa shape index (κ3) is 6.98. The standard InChI is InChI=1S/C30H34N4O4/c35-28(31-24-12-10-23(11-13-24)29-37-20-21-38-29)16-19-34-17-14-25(15-18-34)32-30(36)33-27-9-5-4-8-26(27)22-6-2-1-3-7-22/h1-13,25,29H,14-21H2,(H,31,35)(H2,32,33,36). The van der Waals surface area contributed by atoms with Gasteiger partial charge in [0, 0.05) is 48.9 Å². The second-order valence-corrected chi connectivity index (χ2v) is 9.62. The number of benzene rings is 3. The number of para-hydroxylation sites is 1. The van der Waals surface area contributed by atoms with Gasteiger partial charge in [-0.1, -0.05) is 60.7 Å². The first-order chi connectivity index (χ1) is 18.6. The Morgan fingerprint density at radius 1 is 0.816 bits per heavy atom. The number of nitrogens with one attached hydrogen (secondary N) is 3. The minimum absolute atomic E-state index is 0.0113. The Balaban J connectivity index is 1.02. The normalized spacial score (nSPS) is 16.7. The molecule has 5 rings (SSSR count). The molecular weight excluding hydrogens is 480 g/mol. The second-order valence-electron chi connectivity index (χ2n) is 9.62. The van der Waals surface area contributed by atoms with Gasteiger partial charge in [0.15, 0.2) is 6.29 Å². The SMILES string of the molecule is O=C(CCN1CCC(NC(=O)Nc2ccccc2-c2ccccc2)CC1)Nc1ccc(C2OCCO2)cc1. The van der Waals surface area contributed by atoms with Gasteiger partial charge in [0.25, 0.3) is 0 Å². The highest BCUT2D eigenvalue weighted by Gasteiger charge is 2.22. The van der Waals surface area contributed by atoms with Crippen molar-refractivity contribution in [3.05, 3.63) is 84.4 Å². The van der Waals surface area contributed by atoms with Crippen molar-refractivity contribution < 1.29 is 19.1 Å². The van der Waals surface area contributed by atoms with Crippen molar-refractivity contribution in [1.82, 2.24) is 10.2 Å². The van der Waals surface area contributed by atoms with Crippen LogP contribution in [0.4, 0.5) is 16.2 Å². The molecule has 198 valence electrons. The van der Waals surface area contributed by atoms with Gasteiger partial charge in [-0.15, -0.1) is 0 Å². The maximum absolute atomic E-state index is 12.7. The first-order valence-corrected chi connectivity index (χ1v) is 13.2. The van der Waals surface area contributed by atoms with Crippen LogP contribution in [0.1, 0.15) is 31.1 Å². The summed E-state index contributed by atoms with van der Waals surface area (Å²) in [6.07, 6.45) is 1.81. The van der Waals surface area contributed by atoms with Crippen molar-refractivity contribution in [3.63, 3.8) is 0 Å². The van der Waals surface area contributed by atoms with E-state index in [4.69, 9.17) is 9.47 Å². The molecule has 2 aliphatic rings. The number of anilines is 2. The van der Waals surface area contributed by atoms with Crippen molar-refractivity contribution >= 4 is 23.3 Å². The van der Waals surface area contributed by atoms with Crippen LogP contribution >= 0.6 is 0 Å². The number of piperidine rings is 1. The molecular formula is C30H34N4O4. The Bertz CT molecular complexity index is 1200. The van der Waals surface area contributed by atoms with Crippen LogP contribution in [-0.2, 0) is 14.3 Å². The first kappa shape index (κ1) is 25.9. The van der Waals surface area contributed by atoms with Crippen LogP contribution in [0.5, 0.6) is 0 Å². The summed E-state index contributed by atoms with van der Waals surface area (Å²) in [4.78, 5) is 27.5. The zero-order valence-electron chi connectivity index (χ0n) is 21.4. The summed E-state index contributed by atoms with van der Waals surface area (Å²) in [5.41, 5.74) is 4.55. The van der Waals surface area contributed by atoms with Gasteiger partial charge >= 0.3 is 6.03 Å². The van der Waals surface area contributed by atoms with Crippen molar-refractivity contribution in [3.8, 4) is 11.1 Å². The maximum Gasteiger partial charge on any atom is 0.319 e. The Hall–Kier alpha value is -3.72. The van der Waals surface area contributed by atoms with Crippen molar-refractivity contribution in [2.24, 2.45) is 0 Å². The minimum atomic E-state index is -0.312. The Kier molecular flexibility index (Phi) is 8.65. The molecule has 0 aromatic heterocycles. The van der Waals surface area contributed by atoms with Crippen molar-refractivity contribution in [2.75, 3.05) is 43.5 Å². The van der Waals surface area contributed by atoms with E-state index < -0.39 is 0 Å². The molecule has 0 radical (unpaired) electrons. The molecule has 38 heavy (non-hydrogen) atoms. The predicted molar refractivity (Wildman–Crippen MR) is 148 cm³/mol. The molecule has 0 unspecified atom stereocenters. The van der Waals surface area contributed by atoms with Gasteiger partial charge in [0.2, 0.25) is 5.91 Å². The number of carbonyl (C=O) groups excluding carboxylic acids is 2. The lowest BCUT2D eigenvalue weighted by atomic mass is 10.0. The van der Waals surface area contributed by atoms with Crippen LogP contribution < -0.4 is 16.0 Å². The zero-order chi connectivity index (χ0) is 26.2. The number of ether oxygens (including phenoxy) is 2. The van der Waals surface area contributed by atoms with Crippen LogP contribution in [0.15, 0.2) is 78.9 Å². The molecule has 3 aromatic rings. The van der Waals surface area contributed by atoms with E-state index in [1.807, 2.05) is 78.9 Å². The number of urea groups is 1. The monoisotopic (exact) mass is 514 g/mol. The lowest BCUT2D eigenvalue weighted by Crippen LogP contribution is -2.46. The van der Waals surface area contributed by atoms with Crippen LogP contribution in [0, 0.1) is 0 Å². The quantitative estimate of drug-likeness (QED) is 0.393. The van der Waals surface area contributed by atoms with E-state index >= 15 is 0 Å². The summed E-state index contributed by atoms with van der Waals surface area (Å²) in [7, 11) is 0. The molecule has 2 saturated heterocycles. The molecule has 2 heterocycles. The number of likely N-dealkylation sites (tertiary alicyclic amines) is 1. The van der Waals surface area contributed by atoms with Gasteiger partial charge in [-0.05, 0) is 36.6 Å². The lowest BCUT2D eigenvalue weighted by molar-refractivity contribution is -0.116. The molecule has 3 amide bonds. The van der Waals surface area contributed by atoms with Gasteiger partial charge in [-0.25, -0.2) is 4.79 Å². The molecule has 0 atom stereocenters. The highest BCUT2D eigenvalue weighted by Crippen LogP contribution is 2.28. The van der Waals surface area contributed by atoms with Gasteiger partial charge in [0.1, 0.15) is 0 Å². The molecule has 2 fully saturated rings. The topological polar surface area (TPSA) is 91.9 Å². The zero-order valence-corrected chi connectivity index (χ0v) is 21.4. The summed E-state index contributed by atoms with van der Waals surface area (Å²) < 4.78 is 11.0. The van der Waals surface area contributed by atoms with Crippen molar-refractivity contribution in [2.45, 2.75) is 31.6 Å². The molecule has 3 N–H and O–H groups in total. The van der Waals surface area contributed by atoms with Gasteiger partial charge in [-0.2, -0.15) is 0 Å². The fourth-order valence-corrected chi connectivity index (χ4v) is 4.86. The maximum atomic E-state index is 12.7. The molecule has 0 saturated carbocycles. The summed E-state index contributed by atoms with van der Waals surface area (Å²) in [6.45, 7) is 3.58. The van der Waals surface area contributed by atoms with Crippen LogP contribution in [0.25, 0.3) is 11.1 Å². The van der Waals surface area contributed by atoms with E-state index in [9.17, 15) is 9.59 Å². The first-order valence-electron chi connectivity index (χ1n) is 13.2. The van der Waals surface area contributed by atoms with E-state index in [1.165, 1.54) is 0 Å². The molecule has 2 aliphatic heterocycles. The molecule has 3 aromatic carbocycles. The van der Waals surface area contributed by atoms with E-state index in [2.05, 4.69) is 20.9 Å². The number of hydrogen-bond acceptors (Lipinski definition) is 5. The third-order valence-corrected chi connectivity index (χ3v) is 6.93. The van der Waals surface area contributed by atoms with Crippen LogP contribution in [-0.4, -0.2) is 55.7 Å². The average Bonchev–Trinajstić information content (AvgIpc) is 3.49. The summed E-state index contributed by atoms with van der Waals surface area (Å²) in [5.74, 6) is -0.0113. The fraction of sp³-hybridized carbons (Fsp3) is 0.333. The number of amides is 3. The van der Waals surface area contributed by atoms with Crippen molar-refractivity contribution in [1.29, 1.82) is 0 Å². The largest absolute Gasteiger partial charge is 0.346 e. The number of hydrogen-bond donors (Lipinski definition) is 3. The highest BCUT2D eigenvalue weighted by molar-refractivity contribution is 5.94. The smallest absolute Gasteiger partial charge is 0.319 e. The average molecular weight is 515 g/mol. The summed E-state index contributed by atoms with van der Waals surface area (Å²) >= 11 is 0. The number of nitrogens with zero attached hydrogens (tertiary/aromatic N) is 1. The highest BCUT2D eigenvalue weighted by atomic mass is 16.7. The number of carbonyl (C=O) groups is 2.